The summed E-state index contributed by atoms with van der Waals surface area (Å²) in [6.07, 6.45) is 3.30. The summed E-state index contributed by atoms with van der Waals surface area (Å²) < 4.78 is 0. The van der Waals surface area contributed by atoms with E-state index in [1.165, 1.54) is 24.7 Å². The number of carboxylic acids is 1. The van der Waals surface area contributed by atoms with E-state index in [4.69, 9.17) is 0 Å². The first-order valence-corrected chi connectivity index (χ1v) is 7.05. The van der Waals surface area contributed by atoms with Gasteiger partial charge in [0.25, 0.3) is 5.91 Å². The Labute approximate surface area is 132 Å². The molecule has 2 rings (SSSR count). The van der Waals surface area contributed by atoms with Gasteiger partial charge in [-0.3, -0.25) is 4.79 Å². The van der Waals surface area contributed by atoms with Gasteiger partial charge in [-0.05, 0) is 17.7 Å². The van der Waals surface area contributed by atoms with Crippen LogP contribution in [0.5, 0.6) is 5.75 Å². The topological polar surface area (TPSA) is 146 Å². The highest BCUT2D eigenvalue weighted by atomic mass is 16.4. The van der Waals surface area contributed by atoms with Gasteiger partial charge in [-0.25, -0.2) is 4.98 Å². The molecule has 6 N–H and O–H groups in total. The number of imidazole rings is 1. The van der Waals surface area contributed by atoms with Gasteiger partial charge < -0.3 is 31.0 Å². The van der Waals surface area contributed by atoms with Crippen LogP contribution in [0.1, 0.15) is 11.3 Å². The van der Waals surface area contributed by atoms with Crippen LogP contribution in [0.2, 0.25) is 0 Å². The summed E-state index contributed by atoms with van der Waals surface area (Å²) >= 11 is 0. The number of nitrogens with zero attached hydrogens (tertiary/aromatic N) is 1. The summed E-state index contributed by atoms with van der Waals surface area (Å²) in [7, 11) is 0. The van der Waals surface area contributed by atoms with Crippen LogP contribution in [-0.4, -0.2) is 39.0 Å². The monoisotopic (exact) mass is 318 g/mol. The van der Waals surface area contributed by atoms with Crippen LogP contribution >= 0.6 is 0 Å². The molecule has 1 aromatic heterocycles. The minimum Gasteiger partial charge on any atom is -0.548 e. The van der Waals surface area contributed by atoms with Gasteiger partial charge in [-0.2, -0.15) is 0 Å². The molecule has 1 heterocycles. The van der Waals surface area contributed by atoms with Crippen molar-refractivity contribution in [3.63, 3.8) is 0 Å². The van der Waals surface area contributed by atoms with Gasteiger partial charge in [0, 0.05) is 24.7 Å². The van der Waals surface area contributed by atoms with Crippen LogP contribution < -0.4 is 16.2 Å². The Morgan fingerprint density at radius 2 is 2.00 bits per heavy atom. The number of aromatic hydroxyl groups is 1. The Hall–Kier alpha value is -2.87. The maximum atomic E-state index is 12.1. The summed E-state index contributed by atoms with van der Waals surface area (Å²) in [4.78, 5) is 29.9. The number of phenolic OH excluding ortho intramolecular Hbond substituents is 1. The molecule has 8 heteroatoms. The largest absolute Gasteiger partial charge is 0.548 e. The molecule has 0 saturated carbocycles. The number of phenols is 1. The highest BCUT2D eigenvalue weighted by Gasteiger charge is 2.22. The van der Waals surface area contributed by atoms with Crippen molar-refractivity contribution in [3.05, 3.63) is 48.0 Å². The van der Waals surface area contributed by atoms with Crippen LogP contribution in [0.15, 0.2) is 36.8 Å². The Kier molecular flexibility index (Phi) is 5.32. The quantitative estimate of drug-likeness (QED) is 0.455. The number of quaternary nitrogens is 1. The van der Waals surface area contributed by atoms with Gasteiger partial charge in [0.1, 0.15) is 5.75 Å². The first-order chi connectivity index (χ1) is 11.0. The van der Waals surface area contributed by atoms with E-state index in [-0.39, 0.29) is 12.2 Å². The molecule has 0 spiro atoms. The summed E-state index contributed by atoms with van der Waals surface area (Å²) in [5.41, 5.74) is 5.16. The molecular weight excluding hydrogens is 300 g/mol. The Morgan fingerprint density at radius 1 is 1.30 bits per heavy atom. The lowest BCUT2D eigenvalue weighted by molar-refractivity contribution is -0.403. The third-order valence-electron chi connectivity index (χ3n) is 3.37. The second kappa shape index (κ2) is 7.41. The smallest absolute Gasteiger partial charge is 0.279 e. The number of amides is 1. The van der Waals surface area contributed by atoms with Crippen LogP contribution in [0.25, 0.3) is 0 Å². The average Bonchev–Trinajstić information content (AvgIpc) is 3.01. The number of aliphatic carboxylic acids is 1. The van der Waals surface area contributed by atoms with E-state index in [9.17, 15) is 19.8 Å². The molecule has 0 radical (unpaired) electrons. The van der Waals surface area contributed by atoms with E-state index >= 15 is 0 Å². The van der Waals surface area contributed by atoms with E-state index in [1.807, 2.05) is 0 Å². The summed E-state index contributed by atoms with van der Waals surface area (Å²) in [5, 5.41) is 22.8. The molecule has 1 amide bonds. The number of carbonyl (C=O) groups excluding carboxylic acids is 2. The van der Waals surface area contributed by atoms with Gasteiger partial charge in [0.05, 0.1) is 18.3 Å². The van der Waals surface area contributed by atoms with Crippen LogP contribution in [0.4, 0.5) is 0 Å². The van der Waals surface area contributed by atoms with Crippen molar-refractivity contribution in [1.82, 2.24) is 15.3 Å². The van der Waals surface area contributed by atoms with Gasteiger partial charge >= 0.3 is 0 Å². The molecule has 8 nitrogen and oxygen atoms in total. The van der Waals surface area contributed by atoms with E-state index in [0.29, 0.717) is 12.1 Å². The predicted octanol–water partition coefficient (Wildman–Crippen LogP) is -2.25. The van der Waals surface area contributed by atoms with Gasteiger partial charge in [-0.1, -0.05) is 12.1 Å². The fraction of sp³-hybridized carbons (Fsp3) is 0.267. The number of rotatable bonds is 7. The lowest BCUT2D eigenvalue weighted by Crippen LogP contribution is -2.70. The fourth-order valence-corrected chi connectivity index (χ4v) is 2.11. The number of benzene rings is 1. The third kappa shape index (κ3) is 4.82. The predicted molar refractivity (Wildman–Crippen MR) is 77.7 cm³/mol. The molecule has 23 heavy (non-hydrogen) atoms. The molecule has 0 aliphatic carbocycles. The molecule has 0 bridgehead atoms. The van der Waals surface area contributed by atoms with Crippen molar-refractivity contribution >= 4 is 11.9 Å². The van der Waals surface area contributed by atoms with E-state index in [2.05, 4.69) is 21.0 Å². The third-order valence-corrected chi connectivity index (χ3v) is 3.37. The molecule has 0 fully saturated rings. The molecule has 1 aromatic carbocycles. The fourth-order valence-electron chi connectivity index (χ4n) is 2.11. The number of carboxylic acid groups (broad SMARTS) is 1. The number of carbonyl (C=O) groups is 2. The van der Waals surface area contributed by atoms with Gasteiger partial charge in [0.15, 0.2) is 6.04 Å². The van der Waals surface area contributed by atoms with E-state index in [0.717, 1.165) is 5.56 Å². The zero-order chi connectivity index (χ0) is 16.8. The van der Waals surface area contributed by atoms with E-state index < -0.39 is 24.0 Å². The zero-order valence-corrected chi connectivity index (χ0v) is 12.4. The lowest BCUT2D eigenvalue weighted by Gasteiger charge is -2.20. The molecule has 0 aliphatic rings. The van der Waals surface area contributed by atoms with Crippen molar-refractivity contribution in [3.8, 4) is 5.75 Å². The van der Waals surface area contributed by atoms with Crippen molar-refractivity contribution in [2.75, 3.05) is 0 Å². The van der Waals surface area contributed by atoms with Gasteiger partial charge in [-0.15, -0.1) is 0 Å². The maximum Gasteiger partial charge on any atom is 0.279 e. The molecule has 2 aromatic rings. The molecular formula is C15H18N4O4. The maximum absolute atomic E-state index is 12.1. The van der Waals surface area contributed by atoms with Gasteiger partial charge in [0.2, 0.25) is 0 Å². The normalized spacial score (nSPS) is 13.3. The first-order valence-electron chi connectivity index (χ1n) is 7.05. The number of aromatic amines is 1. The van der Waals surface area contributed by atoms with Crippen molar-refractivity contribution < 1.29 is 25.5 Å². The van der Waals surface area contributed by atoms with Crippen molar-refractivity contribution in [2.45, 2.75) is 24.9 Å². The van der Waals surface area contributed by atoms with E-state index in [1.54, 1.807) is 12.1 Å². The molecule has 0 aliphatic heterocycles. The average molecular weight is 318 g/mol. The molecule has 122 valence electrons. The Balaban J connectivity index is 1.94. The number of H-pyrrole nitrogens is 1. The minimum absolute atomic E-state index is 0.0556. The van der Waals surface area contributed by atoms with Crippen LogP contribution in [0.3, 0.4) is 0 Å². The summed E-state index contributed by atoms with van der Waals surface area (Å²) in [6.45, 7) is 0. The highest BCUT2D eigenvalue weighted by Crippen LogP contribution is 2.10. The van der Waals surface area contributed by atoms with Crippen molar-refractivity contribution in [2.24, 2.45) is 0 Å². The lowest BCUT2D eigenvalue weighted by atomic mass is 10.0. The second-order valence-electron chi connectivity index (χ2n) is 5.23. The van der Waals surface area contributed by atoms with Crippen LogP contribution in [0, 0.1) is 0 Å². The number of hydrogen-bond donors (Lipinski definition) is 4. The number of nitrogens with one attached hydrogen (secondary N) is 2. The molecule has 2 atom stereocenters. The summed E-state index contributed by atoms with van der Waals surface area (Å²) in [6, 6.07) is 4.57. The number of aromatic nitrogens is 2. The van der Waals surface area contributed by atoms with Crippen LogP contribution in [-0.2, 0) is 22.4 Å². The summed E-state index contributed by atoms with van der Waals surface area (Å²) in [5.74, 6) is -1.72. The zero-order valence-electron chi connectivity index (χ0n) is 12.4. The number of hydrogen-bond acceptors (Lipinski definition) is 5. The first kappa shape index (κ1) is 16.5. The second-order valence-corrected chi connectivity index (χ2v) is 5.23. The Morgan fingerprint density at radius 3 is 2.57 bits per heavy atom. The SMILES string of the molecule is [NH3+][C@@H](Cc1ccc(O)cc1)C(=O)N[C@@H](Cc1cnc[nH]1)C(=O)[O-]. The molecule has 0 saturated heterocycles. The Bertz CT molecular complexity index is 655. The highest BCUT2D eigenvalue weighted by molar-refractivity contribution is 5.85. The standard InChI is InChI=1S/C15H18N4O4/c16-12(5-9-1-3-11(20)4-2-9)14(21)19-13(15(22)23)6-10-7-17-8-18-10/h1-4,7-8,12-13,20H,5-6,16H2,(H,17,18)(H,19,21)(H,22,23)/t12-,13-/m0/s1. The molecule has 0 unspecified atom stereocenters. The minimum atomic E-state index is -1.37. The van der Waals surface area contributed by atoms with Crippen molar-refractivity contribution in [1.29, 1.82) is 0 Å².